The lowest BCUT2D eigenvalue weighted by Gasteiger charge is -2.17. The Morgan fingerprint density at radius 2 is 0.739 bits per heavy atom. The highest BCUT2D eigenvalue weighted by Crippen LogP contribution is 2.51. The molecule has 8 aromatic rings. The fourth-order valence-electron chi connectivity index (χ4n) is 9.97. The maximum absolute atomic E-state index is 5.99. The molecule has 0 unspecified atom stereocenters. The second kappa shape index (κ2) is 22.8. The van der Waals surface area contributed by atoms with Gasteiger partial charge in [-0.3, -0.25) is 0 Å². The number of allylic oxidation sites excluding steroid dienone is 2. The molecule has 0 fully saturated rings. The van der Waals surface area contributed by atoms with Crippen LogP contribution in [0.2, 0.25) is 0 Å². The van der Waals surface area contributed by atoms with Crippen LogP contribution in [0.3, 0.4) is 0 Å². The summed E-state index contributed by atoms with van der Waals surface area (Å²) in [5.41, 5.74) is 23.4. The van der Waals surface area contributed by atoms with E-state index in [9.17, 15) is 0 Å². The second-order valence-electron chi connectivity index (χ2n) is 18.9. The van der Waals surface area contributed by atoms with E-state index in [2.05, 4.69) is 221 Å². The monoisotopic (exact) mass is 901 g/mol. The molecule has 0 atom stereocenters. The zero-order chi connectivity index (χ0) is 47.4. The predicted octanol–water partition coefficient (Wildman–Crippen LogP) is 18.3. The molecule has 0 aliphatic carbocycles. The van der Waals surface area contributed by atoms with Crippen molar-refractivity contribution in [3.05, 3.63) is 244 Å². The summed E-state index contributed by atoms with van der Waals surface area (Å²) in [5.74, 6) is 0. The first kappa shape index (κ1) is 47.1. The molecule has 2 heterocycles. The van der Waals surface area contributed by atoms with Gasteiger partial charge in [0, 0.05) is 33.4 Å². The van der Waals surface area contributed by atoms with Crippen LogP contribution >= 0.6 is 0 Å². The molecule has 9 rings (SSSR count). The van der Waals surface area contributed by atoms with Gasteiger partial charge < -0.3 is 4.98 Å². The van der Waals surface area contributed by atoms with Crippen molar-refractivity contribution in [2.24, 2.45) is 4.99 Å². The Morgan fingerprint density at radius 3 is 1.20 bits per heavy atom. The number of hydrogen-bond acceptors (Lipinski definition) is 1. The topological polar surface area (TPSA) is 28.1 Å². The van der Waals surface area contributed by atoms with Crippen LogP contribution in [-0.4, -0.2) is 10.7 Å². The molecule has 7 aromatic carbocycles. The maximum Gasteiger partial charge on any atom is 0.0822 e. The van der Waals surface area contributed by atoms with Gasteiger partial charge in [-0.25, -0.2) is 4.99 Å². The van der Waals surface area contributed by atoms with Crippen LogP contribution in [-0.2, 0) is 25.7 Å². The molecule has 0 amide bonds. The normalized spacial score (nSPS) is 13.2. The number of aryl methyl sites for hydroxylation is 4. The standard InChI is InChI=1S/C67H68N2/c1-5-9-22-48-32-40-55(41-33-48)59-61(52-26-16-13-17-27-52)66(68-64(59)57-44-36-50(37-45-57)24-11-7-3)63(54-30-20-15-21-31-54)67-62(53-28-18-14-19-29-53)60(56-42-34-49(35-43-56)23-10-6-2)65(69-67)58-46-38-51(39-47-58)25-12-8-4/h13-21,26-47,68H,5-12,22-25H2,1-4H3/b67-63-. The number of aromatic amines is 1. The number of benzene rings is 7. The molecule has 0 saturated carbocycles. The van der Waals surface area contributed by atoms with E-state index in [4.69, 9.17) is 4.99 Å². The molecule has 2 nitrogen and oxygen atoms in total. The van der Waals surface area contributed by atoms with Crippen molar-refractivity contribution in [2.75, 3.05) is 0 Å². The summed E-state index contributed by atoms with van der Waals surface area (Å²) < 4.78 is 0. The van der Waals surface area contributed by atoms with Gasteiger partial charge in [0.05, 0.1) is 22.8 Å². The Labute approximate surface area is 412 Å². The Hall–Kier alpha value is -7.03. The SMILES string of the molecule is CCCCc1ccc(C2=N/C(=C(/c3ccccc3)c3[nH]c(-c4ccc(CCCC)cc4)c(-c4ccc(CCCC)cc4)c3-c3ccccc3)C(c3ccccc3)=C2c2ccc(CCCC)cc2)cc1. The molecule has 2 heteroatoms. The van der Waals surface area contributed by atoms with Gasteiger partial charge in [-0.15, -0.1) is 0 Å². The maximum atomic E-state index is 5.99. The summed E-state index contributed by atoms with van der Waals surface area (Å²) in [6.45, 7) is 9.08. The van der Waals surface area contributed by atoms with Crippen LogP contribution < -0.4 is 0 Å². The van der Waals surface area contributed by atoms with Gasteiger partial charge >= 0.3 is 0 Å². The highest BCUT2D eigenvalue weighted by atomic mass is 14.8. The Morgan fingerprint density at radius 1 is 0.362 bits per heavy atom. The van der Waals surface area contributed by atoms with Crippen molar-refractivity contribution in [3.8, 4) is 33.5 Å². The lowest BCUT2D eigenvalue weighted by Crippen LogP contribution is -2.03. The smallest absolute Gasteiger partial charge is 0.0822 e. The number of nitrogens with one attached hydrogen (secondary N) is 1. The Balaban J connectivity index is 1.40. The fraction of sp³-hybridized carbons (Fsp3) is 0.239. The average Bonchev–Trinajstić information content (AvgIpc) is 4.00. The Bertz CT molecular complexity index is 3000. The zero-order valence-electron chi connectivity index (χ0n) is 41.3. The minimum absolute atomic E-state index is 0.962. The van der Waals surface area contributed by atoms with Crippen molar-refractivity contribution in [2.45, 2.75) is 105 Å². The molecule has 1 aliphatic rings. The lowest BCUT2D eigenvalue weighted by molar-refractivity contribution is 0.795. The third kappa shape index (κ3) is 10.7. The van der Waals surface area contributed by atoms with Gasteiger partial charge in [-0.05, 0) is 107 Å². The number of hydrogen-bond donors (Lipinski definition) is 1. The molecule has 69 heavy (non-hydrogen) atoms. The van der Waals surface area contributed by atoms with E-state index in [0.717, 1.165) is 87.5 Å². The van der Waals surface area contributed by atoms with Crippen molar-refractivity contribution in [1.82, 2.24) is 4.98 Å². The highest BCUT2D eigenvalue weighted by Gasteiger charge is 2.33. The van der Waals surface area contributed by atoms with E-state index in [-0.39, 0.29) is 0 Å². The summed E-state index contributed by atoms with van der Waals surface area (Å²) in [4.78, 5) is 10.2. The van der Waals surface area contributed by atoms with Gasteiger partial charge in [0.2, 0.25) is 0 Å². The first-order chi connectivity index (χ1) is 34.1. The second-order valence-corrected chi connectivity index (χ2v) is 18.9. The third-order valence-electron chi connectivity index (χ3n) is 13.9. The van der Waals surface area contributed by atoms with Gasteiger partial charge in [0.15, 0.2) is 0 Å². The van der Waals surface area contributed by atoms with E-state index < -0.39 is 0 Å². The van der Waals surface area contributed by atoms with Crippen molar-refractivity contribution in [3.63, 3.8) is 0 Å². The molecule has 1 aliphatic heterocycles. The first-order valence-corrected chi connectivity index (χ1v) is 26.0. The van der Waals surface area contributed by atoms with E-state index >= 15 is 0 Å². The van der Waals surface area contributed by atoms with Crippen LogP contribution in [0.1, 0.15) is 129 Å². The van der Waals surface area contributed by atoms with Crippen molar-refractivity contribution >= 4 is 22.4 Å². The van der Waals surface area contributed by atoms with Gasteiger partial charge in [0.1, 0.15) is 0 Å². The zero-order valence-corrected chi connectivity index (χ0v) is 41.3. The van der Waals surface area contributed by atoms with Crippen LogP contribution in [0.25, 0.3) is 50.2 Å². The van der Waals surface area contributed by atoms with E-state index in [0.29, 0.717) is 0 Å². The van der Waals surface area contributed by atoms with Crippen LogP contribution in [0.4, 0.5) is 0 Å². The van der Waals surface area contributed by atoms with Crippen molar-refractivity contribution in [1.29, 1.82) is 0 Å². The van der Waals surface area contributed by atoms with E-state index in [1.165, 1.54) is 101 Å². The van der Waals surface area contributed by atoms with Crippen LogP contribution in [0.15, 0.2) is 199 Å². The van der Waals surface area contributed by atoms with E-state index in [1.807, 2.05) is 0 Å². The molecule has 0 spiro atoms. The third-order valence-corrected chi connectivity index (χ3v) is 13.9. The van der Waals surface area contributed by atoms with Gasteiger partial charge in [0.25, 0.3) is 0 Å². The molecular formula is C67H68N2. The van der Waals surface area contributed by atoms with E-state index in [1.54, 1.807) is 0 Å². The molecule has 346 valence electrons. The van der Waals surface area contributed by atoms with Gasteiger partial charge in [-0.2, -0.15) is 0 Å². The Kier molecular flexibility index (Phi) is 15.6. The average molecular weight is 901 g/mol. The molecule has 0 saturated heterocycles. The number of H-pyrrole nitrogens is 1. The number of nitrogens with zero attached hydrogens (tertiary/aromatic N) is 1. The minimum atomic E-state index is 0.962. The summed E-state index contributed by atoms with van der Waals surface area (Å²) in [6.07, 6.45) is 13.7. The summed E-state index contributed by atoms with van der Waals surface area (Å²) >= 11 is 0. The van der Waals surface area contributed by atoms with Crippen molar-refractivity contribution < 1.29 is 0 Å². The summed E-state index contributed by atoms with van der Waals surface area (Å²) in [6, 6.07) is 70.4. The van der Waals surface area contributed by atoms with Crippen LogP contribution in [0.5, 0.6) is 0 Å². The number of aliphatic imine (C=N–C) groups is 1. The fourth-order valence-corrected chi connectivity index (χ4v) is 9.97. The molecule has 0 radical (unpaired) electrons. The predicted molar refractivity (Wildman–Crippen MR) is 297 cm³/mol. The van der Waals surface area contributed by atoms with Crippen LogP contribution in [0, 0.1) is 0 Å². The number of aromatic nitrogens is 1. The summed E-state index contributed by atoms with van der Waals surface area (Å²) in [7, 11) is 0. The minimum Gasteiger partial charge on any atom is -0.353 e. The first-order valence-electron chi connectivity index (χ1n) is 26.0. The molecule has 1 aromatic heterocycles. The highest BCUT2D eigenvalue weighted by molar-refractivity contribution is 6.42. The van der Waals surface area contributed by atoms with Gasteiger partial charge in [-0.1, -0.05) is 241 Å². The quantitative estimate of drug-likeness (QED) is 0.0789. The molecular weight excluding hydrogens is 833 g/mol. The summed E-state index contributed by atoms with van der Waals surface area (Å²) in [5, 5.41) is 0. The molecule has 0 bridgehead atoms. The number of unbranched alkanes of at least 4 members (excludes halogenated alkanes) is 4. The number of rotatable bonds is 20. The molecule has 1 N–H and O–H groups in total. The largest absolute Gasteiger partial charge is 0.353 e. The lowest BCUT2D eigenvalue weighted by atomic mass is 9.85.